The van der Waals surface area contributed by atoms with E-state index in [1.807, 2.05) is 43.3 Å². The van der Waals surface area contributed by atoms with E-state index in [1.54, 1.807) is 0 Å². The third-order valence-corrected chi connectivity index (χ3v) is 4.03. The monoisotopic (exact) mass is 337 g/mol. The Hall–Kier alpha value is -2.59. The first kappa shape index (κ1) is 16.3. The number of rotatable bonds is 6. The molecule has 0 radical (unpaired) electrons. The molecule has 3 rings (SSSR count). The van der Waals surface area contributed by atoms with E-state index >= 15 is 0 Å². The van der Waals surface area contributed by atoms with Crippen molar-refractivity contribution in [2.75, 3.05) is 6.61 Å². The number of benzene rings is 3. The molecule has 3 nitrogen and oxygen atoms in total. The Balaban J connectivity index is 1.86. The average Bonchev–Trinajstić information content (AvgIpc) is 2.60. The van der Waals surface area contributed by atoms with Gasteiger partial charge in [-0.2, -0.15) is 0 Å². The van der Waals surface area contributed by atoms with Crippen LogP contribution in [0, 0.1) is 0 Å². The molecule has 3 aromatic carbocycles. The zero-order chi connectivity index (χ0) is 16.9. The number of hydrogen-bond acceptors (Lipinski definition) is 3. The Morgan fingerprint density at radius 3 is 2.54 bits per heavy atom. The van der Waals surface area contributed by atoms with E-state index in [0.29, 0.717) is 29.7 Å². The van der Waals surface area contributed by atoms with Crippen LogP contribution in [0.25, 0.3) is 10.8 Å². The number of thiocarbonyl (C=S) groups is 1. The fraction of sp³-hybridized carbons (Fsp3) is 0.150. The molecule has 2 N–H and O–H groups in total. The fourth-order valence-electron chi connectivity index (χ4n) is 2.62. The molecule has 0 heterocycles. The van der Waals surface area contributed by atoms with Gasteiger partial charge in [-0.25, -0.2) is 0 Å². The maximum atomic E-state index is 6.01. The highest BCUT2D eigenvalue weighted by atomic mass is 32.1. The molecule has 0 amide bonds. The number of nitrogens with two attached hydrogens (primary N) is 1. The highest BCUT2D eigenvalue weighted by molar-refractivity contribution is 7.80. The van der Waals surface area contributed by atoms with Crippen molar-refractivity contribution in [3.05, 3.63) is 71.8 Å². The Morgan fingerprint density at radius 2 is 1.75 bits per heavy atom. The minimum absolute atomic E-state index is 0.344. The van der Waals surface area contributed by atoms with Crippen molar-refractivity contribution >= 4 is 28.0 Å². The van der Waals surface area contributed by atoms with Gasteiger partial charge >= 0.3 is 0 Å². The lowest BCUT2D eigenvalue weighted by atomic mass is 10.1. The van der Waals surface area contributed by atoms with Crippen LogP contribution in [0.5, 0.6) is 11.5 Å². The molecular weight excluding hydrogens is 318 g/mol. The van der Waals surface area contributed by atoms with E-state index in [2.05, 4.69) is 24.3 Å². The summed E-state index contributed by atoms with van der Waals surface area (Å²) in [6.07, 6.45) is 0. The van der Waals surface area contributed by atoms with Gasteiger partial charge < -0.3 is 15.2 Å². The van der Waals surface area contributed by atoms with Crippen molar-refractivity contribution in [1.82, 2.24) is 0 Å². The summed E-state index contributed by atoms with van der Waals surface area (Å²) in [5.74, 6) is 1.34. The van der Waals surface area contributed by atoms with Gasteiger partial charge in [0.15, 0.2) is 11.5 Å². The third kappa shape index (κ3) is 3.49. The lowest BCUT2D eigenvalue weighted by Crippen LogP contribution is -2.10. The number of hydrogen-bond donors (Lipinski definition) is 1. The summed E-state index contributed by atoms with van der Waals surface area (Å²) in [6.45, 7) is 2.95. The van der Waals surface area contributed by atoms with Crippen molar-refractivity contribution in [3.8, 4) is 11.5 Å². The average molecular weight is 337 g/mol. The van der Waals surface area contributed by atoms with Gasteiger partial charge in [0.05, 0.1) is 6.61 Å². The van der Waals surface area contributed by atoms with Crippen LogP contribution in [0.3, 0.4) is 0 Å². The van der Waals surface area contributed by atoms with Gasteiger partial charge in [-0.05, 0) is 41.5 Å². The second kappa shape index (κ2) is 7.32. The molecule has 0 saturated carbocycles. The molecule has 0 unspecified atom stereocenters. The smallest absolute Gasteiger partial charge is 0.161 e. The van der Waals surface area contributed by atoms with Crippen LogP contribution in [0.2, 0.25) is 0 Å². The summed E-state index contributed by atoms with van der Waals surface area (Å²) in [6, 6.07) is 20.0. The first-order chi connectivity index (χ1) is 11.7. The quantitative estimate of drug-likeness (QED) is 0.675. The summed E-state index contributed by atoms with van der Waals surface area (Å²) in [4.78, 5) is 0.344. The second-order valence-electron chi connectivity index (χ2n) is 5.39. The summed E-state index contributed by atoms with van der Waals surface area (Å²) >= 11 is 5.02. The van der Waals surface area contributed by atoms with Crippen LogP contribution >= 0.6 is 12.2 Å². The largest absolute Gasteiger partial charge is 0.490 e. The van der Waals surface area contributed by atoms with Gasteiger partial charge in [0.25, 0.3) is 0 Å². The minimum Gasteiger partial charge on any atom is -0.490 e. The van der Waals surface area contributed by atoms with Crippen molar-refractivity contribution < 1.29 is 9.47 Å². The summed E-state index contributed by atoms with van der Waals surface area (Å²) < 4.78 is 11.7. The molecule has 0 atom stereocenters. The van der Waals surface area contributed by atoms with Crippen LogP contribution in [0.4, 0.5) is 0 Å². The summed E-state index contributed by atoms with van der Waals surface area (Å²) in [7, 11) is 0. The van der Waals surface area contributed by atoms with Gasteiger partial charge in [0.1, 0.15) is 11.6 Å². The second-order valence-corrected chi connectivity index (χ2v) is 5.83. The maximum Gasteiger partial charge on any atom is 0.161 e. The van der Waals surface area contributed by atoms with Gasteiger partial charge in [-0.3, -0.25) is 0 Å². The molecule has 3 aromatic rings. The zero-order valence-electron chi connectivity index (χ0n) is 13.5. The first-order valence-electron chi connectivity index (χ1n) is 7.85. The summed E-state index contributed by atoms with van der Waals surface area (Å²) in [5, 5.41) is 2.39. The Labute approximate surface area is 147 Å². The predicted octanol–water partition coefficient (Wildman–Crippen LogP) is 4.45. The fourth-order valence-corrected chi connectivity index (χ4v) is 2.75. The van der Waals surface area contributed by atoms with Gasteiger partial charge in [0.2, 0.25) is 0 Å². The molecule has 0 aromatic heterocycles. The van der Waals surface area contributed by atoms with E-state index in [1.165, 1.54) is 10.8 Å². The highest BCUT2D eigenvalue weighted by Crippen LogP contribution is 2.30. The van der Waals surface area contributed by atoms with Gasteiger partial charge in [-0.15, -0.1) is 0 Å². The maximum absolute atomic E-state index is 6.01. The van der Waals surface area contributed by atoms with Crippen molar-refractivity contribution in [3.63, 3.8) is 0 Å². The number of ether oxygens (including phenoxy) is 2. The molecule has 0 aliphatic heterocycles. The Bertz CT molecular complexity index is 871. The molecule has 0 spiro atoms. The lowest BCUT2D eigenvalue weighted by Gasteiger charge is -2.14. The summed E-state index contributed by atoms with van der Waals surface area (Å²) in [5.41, 5.74) is 7.59. The topological polar surface area (TPSA) is 44.5 Å². The standard InChI is InChI=1S/C20H19NO2S/c1-2-22-19-12-15(20(21)24)10-11-18(19)23-13-16-8-5-7-14-6-3-4-9-17(14)16/h3-12H,2,13H2,1H3,(H2,21,24). The molecule has 0 saturated heterocycles. The van der Waals surface area contributed by atoms with E-state index in [4.69, 9.17) is 27.4 Å². The lowest BCUT2D eigenvalue weighted by molar-refractivity contribution is 0.270. The molecule has 24 heavy (non-hydrogen) atoms. The highest BCUT2D eigenvalue weighted by Gasteiger charge is 2.09. The third-order valence-electron chi connectivity index (χ3n) is 3.79. The van der Waals surface area contributed by atoms with Crippen LogP contribution in [-0.4, -0.2) is 11.6 Å². The molecule has 0 bridgehead atoms. The first-order valence-corrected chi connectivity index (χ1v) is 8.26. The molecule has 122 valence electrons. The molecular formula is C20H19NO2S. The van der Waals surface area contributed by atoms with Crippen molar-refractivity contribution in [1.29, 1.82) is 0 Å². The molecule has 0 aliphatic rings. The molecule has 4 heteroatoms. The van der Waals surface area contributed by atoms with Crippen LogP contribution < -0.4 is 15.2 Å². The predicted molar refractivity (Wildman–Crippen MR) is 102 cm³/mol. The number of fused-ring (bicyclic) bond motifs is 1. The van der Waals surface area contributed by atoms with E-state index in [-0.39, 0.29) is 0 Å². The Morgan fingerprint density at radius 1 is 0.958 bits per heavy atom. The SMILES string of the molecule is CCOc1cc(C(N)=S)ccc1OCc1cccc2ccccc12. The van der Waals surface area contributed by atoms with E-state index in [9.17, 15) is 0 Å². The minimum atomic E-state index is 0.344. The van der Waals surface area contributed by atoms with Crippen LogP contribution in [0.1, 0.15) is 18.1 Å². The Kier molecular flexibility index (Phi) is 4.96. The normalized spacial score (nSPS) is 10.5. The zero-order valence-corrected chi connectivity index (χ0v) is 14.3. The van der Waals surface area contributed by atoms with E-state index in [0.717, 1.165) is 11.1 Å². The van der Waals surface area contributed by atoms with Gasteiger partial charge in [-0.1, -0.05) is 54.7 Å². The van der Waals surface area contributed by atoms with Crippen molar-refractivity contribution in [2.45, 2.75) is 13.5 Å². The van der Waals surface area contributed by atoms with Crippen molar-refractivity contribution in [2.24, 2.45) is 5.73 Å². The molecule has 0 fully saturated rings. The van der Waals surface area contributed by atoms with Gasteiger partial charge in [0, 0.05) is 5.56 Å². The van der Waals surface area contributed by atoms with Crippen LogP contribution in [0.15, 0.2) is 60.7 Å². The van der Waals surface area contributed by atoms with Crippen LogP contribution in [-0.2, 0) is 6.61 Å². The molecule has 0 aliphatic carbocycles. The van der Waals surface area contributed by atoms with E-state index < -0.39 is 0 Å².